The number of benzene rings is 1. The highest BCUT2D eigenvalue weighted by atomic mass is 35.5. The second-order valence-corrected chi connectivity index (χ2v) is 6.07. The third-order valence-corrected chi connectivity index (χ3v) is 4.21. The van der Waals surface area contributed by atoms with E-state index in [9.17, 15) is 14.7 Å². The second-order valence-electron chi connectivity index (χ2n) is 5.26. The average Bonchev–Trinajstić information content (AvgIpc) is 2.53. The van der Waals surface area contributed by atoms with Crippen LogP contribution in [0.1, 0.15) is 26.3 Å². The summed E-state index contributed by atoms with van der Waals surface area (Å²) in [5, 5.41) is 12.6. The van der Waals surface area contributed by atoms with Crippen LogP contribution >= 0.6 is 23.2 Å². The molecule has 0 heterocycles. The van der Waals surface area contributed by atoms with Crippen LogP contribution in [0.2, 0.25) is 10.0 Å². The molecule has 0 aliphatic rings. The third-order valence-electron chi connectivity index (χ3n) is 3.47. The first-order valence-corrected chi connectivity index (χ1v) is 8.18. The fourth-order valence-corrected chi connectivity index (χ4v) is 2.21. The Bertz CT molecular complexity index is 596. The van der Waals surface area contributed by atoms with Crippen molar-refractivity contribution >= 4 is 35.1 Å². The maximum Gasteiger partial charge on any atom is 0.333 e. The van der Waals surface area contributed by atoms with Gasteiger partial charge in [0.05, 0.1) is 23.3 Å². The molecular formula is C16H21Cl2NO5. The molecule has 6 nitrogen and oxygen atoms in total. The molecule has 0 radical (unpaired) electrons. The molecule has 0 saturated carbocycles. The zero-order chi connectivity index (χ0) is 18.3. The molecule has 0 spiro atoms. The molecule has 1 rings (SSSR count). The van der Waals surface area contributed by atoms with E-state index in [0.717, 1.165) is 0 Å². The van der Waals surface area contributed by atoms with E-state index in [1.807, 2.05) is 6.92 Å². The number of amides is 1. The summed E-state index contributed by atoms with van der Waals surface area (Å²) in [5.74, 6) is -1.78. The number of nitrogens with one attached hydrogen (secondary N) is 1. The smallest absolute Gasteiger partial charge is 0.333 e. The summed E-state index contributed by atoms with van der Waals surface area (Å²) in [6.45, 7) is 5.91. The molecule has 1 aromatic carbocycles. The van der Waals surface area contributed by atoms with Crippen LogP contribution in [0.4, 0.5) is 0 Å². The van der Waals surface area contributed by atoms with Crippen LogP contribution in [0.25, 0.3) is 0 Å². The van der Waals surface area contributed by atoms with Crippen LogP contribution in [-0.4, -0.2) is 42.9 Å². The van der Waals surface area contributed by atoms with Crippen molar-refractivity contribution in [2.75, 3.05) is 19.8 Å². The molecular weight excluding hydrogens is 357 g/mol. The Morgan fingerprint density at radius 2 is 1.96 bits per heavy atom. The maximum absolute atomic E-state index is 12.3. The minimum Gasteiger partial charge on any atom is -0.479 e. The normalized spacial score (nSPS) is 14.7. The molecule has 0 saturated heterocycles. The van der Waals surface area contributed by atoms with Crippen LogP contribution in [-0.2, 0) is 24.6 Å². The quantitative estimate of drug-likeness (QED) is 0.646. The molecule has 24 heavy (non-hydrogen) atoms. The molecule has 2 unspecified atom stereocenters. The van der Waals surface area contributed by atoms with Crippen LogP contribution in [0.5, 0.6) is 0 Å². The average molecular weight is 378 g/mol. The first-order chi connectivity index (χ1) is 11.2. The first kappa shape index (κ1) is 20.7. The van der Waals surface area contributed by atoms with Crippen molar-refractivity contribution in [2.45, 2.75) is 32.4 Å². The van der Waals surface area contributed by atoms with Crippen molar-refractivity contribution in [2.24, 2.45) is 0 Å². The van der Waals surface area contributed by atoms with Gasteiger partial charge in [-0.3, -0.25) is 4.79 Å². The SMILES string of the molecule is CCOCCOC(C)C(=O)NC(C)(C(=O)O)c1ccc(Cl)c(Cl)c1. The number of carbonyl (C=O) groups excluding carboxylic acids is 1. The highest BCUT2D eigenvalue weighted by molar-refractivity contribution is 6.42. The molecule has 134 valence electrons. The zero-order valence-corrected chi connectivity index (χ0v) is 15.3. The molecule has 1 amide bonds. The standard InChI is InChI=1S/C16H21Cl2NO5/c1-4-23-7-8-24-10(2)14(20)19-16(3,15(21)22)11-5-6-12(17)13(18)9-11/h5-6,9-10H,4,7-8H2,1-3H3,(H,19,20)(H,21,22). The Kier molecular flexibility index (Phi) is 7.96. The van der Waals surface area contributed by atoms with Gasteiger partial charge in [-0.15, -0.1) is 0 Å². The van der Waals surface area contributed by atoms with Gasteiger partial charge in [-0.25, -0.2) is 4.79 Å². The van der Waals surface area contributed by atoms with E-state index in [2.05, 4.69) is 5.32 Å². The first-order valence-electron chi connectivity index (χ1n) is 7.42. The van der Waals surface area contributed by atoms with E-state index in [0.29, 0.717) is 23.8 Å². The summed E-state index contributed by atoms with van der Waals surface area (Å²) < 4.78 is 10.5. The lowest BCUT2D eigenvalue weighted by Gasteiger charge is -2.28. The van der Waals surface area contributed by atoms with E-state index >= 15 is 0 Å². The summed E-state index contributed by atoms with van der Waals surface area (Å²) >= 11 is 11.8. The molecule has 0 aromatic heterocycles. The lowest BCUT2D eigenvalue weighted by atomic mass is 9.91. The Morgan fingerprint density at radius 1 is 1.29 bits per heavy atom. The molecule has 2 N–H and O–H groups in total. The predicted molar refractivity (Wildman–Crippen MR) is 91.5 cm³/mol. The van der Waals surface area contributed by atoms with Gasteiger partial charge in [0.1, 0.15) is 6.10 Å². The van der Waals surface area contributed by atoms with E-state index in [1.54, 1.807) is 6.92 Å². The fraction of sp³-hybridized carbons (Fsp3) is 0.500. The van der Waals surface area contributed by atoms with Crippen molar-refractivity contribution < 1.29 is 24.2 Å². The summed E-state index contributed by atoms with van der Waals surface area (Å²) in [4.78, 5) is 24.0. The number of rotatable bonds is 9. The van der Waals surface area contributed by atoms with E-state index in [-0.39, 0.29) is 11.6 Å². The number of carboxylic acid groups (broad SMARTS) is 1. The van der Waals surface area contributed by atoms with Crippen molar-refractivity contribution in [3.05, 3.63) is 33.8 Å². The van der Waals surface area contributed by atoms with Gasteiger partial charge >= 0.3 is 5.97 Å². The highest BCUT2D eigenvalue weighted by Gasteiger charge is 2.38. The maximum atomic E-state index is 12.3. The van der Waals surface area contributed by atoms with Crippen LogP contribution in [0, 0.1) is 0 Å². The summed E-state index contributed by atoms with van der Waals surface area (Å²) in [5.41, 5.74) is -1.36. The van der Waals surface area contributed by atoms with Gasteiger partial charge in [0.2, 0.25) is 5.91 Å². The number of halogens is 2. The minimum atomic E-state index is -1.66. The minimum absolute atomic E-state index is 0.205. The van der Waals surface area contributed by atoms with Gasteiger partial charge in [0, 0.05) is 6.61 Å². The Balaban J connectivity index is 2.86. The van der Waals surface area contributed by atoms with E-state index < -0.39 is 23.5 Å². The molecule has 2 atom stereocenters. The van der Waals surface area contributed by atoms with E-state index in [1.165, 1.54) is 25.1 Å². The van der Waals surface area contributed by atoms with Crippen molar-refractivity contribution in [1.29, 1.82) is 0 Å². The predicted octanol–water partition coefficient (Wildman–Crippen LogP) is 2.85. The number of hydrogen-bond acceptors (Lipinski definition) is 4. The highest BCUT2D eigenvalue weighted by Crippen LogP contribution is 2.29. The Morgan fingerprint density at radius 3 is 2.50 bits per heavy atom. The summed E-state index contributed by atoms with van der Waals surface area (Å²) in [7, 11) is 0. The van der Waals surface area contributed by atoms with E-state index in [4.69, 9.17) is 32.7 Å². The molecule has 0 aliphatic heterocycles. The lowest BCUT2D eigenvalue weighted by Crippen LogP contribution is -2.52. The van der Waals surface area contributed by atoms with Gasteiger partial charge in [0.15, 0.2) is 5.54 Å². The molecule has 1 aromatic rings. The number of aliphatic carboxylic acids is 1. The van der Waals surface area contributed by atoms with Crippen molar-refractivity contribution in [3.63, 3.8) is 0 Å². The van der Waals surface area contributed by atoms with Gasteiger partial charge < -0.3 is 19.9 Å². The molecule has 0 aliphatic carbocycles. The van der Waals surface area contributed by atoms with Gasteiger partial charge in [0.25, 0.3) is 0 Å². The lowest BCUT2D eigenvalue weighted by molar-refractivity contribution is -0.149. The number of hydrogen-bond donors (Lipinski definition) is 2. The number of carbonyl (C=O) groups is 2. The van der Waals surface area contributed by atoms with Crippen molar-refractivity contribution in [1.82, 2.24) is 5.32 Å². The Hall–Kier alpha value is -1.34. The Labute approximate surface area is 151 Å². The van der Waals surface area contributed by atoms with Gasteiger partial charge in [-0.1, -0.05) is 29.3 Å². The number of carboxylic acids is 1. The third kappa shape index (κ3) is 5.34. The molecule has 0 bridgehead atoms. The summed E-state index contributed by atoms with van der Waals surface area (Å²) in [6, 6.07) is 4.40. The van der Waals surface area contributed by atoms with Crippen LogP contribution in [0.15, 0.2) is 18.2 Å². The monoisotopic (exact) mass is 377 g/mol. The largest absolute Gasteiger partial charge is 0.479 e. The van der Waals surface area contributed by atoms with Gasteiger partial charge in [-0.2, -0.15) is 0 Å². The van der Waals surface area contributed by atoms with Crippen LogP contribution < -0.4 is 5.32 Å². The van der Waals surface area contributed by atoms with Crippen molar-refractivity contribution in [3.8, 4) is 0 Å². The van der Waals surface area contributed by atoms with Crippen LogP contribution in [0.3, 0.4) is 0 Å². The van der Waals surface area contributed by atoms with Gasteiger partial charge in [-0.05, 0) is 38.5 Å². The fourth-order valence-electron chi connectivity index (χ4n) is 1.91. The topological polar surface area (TPSA) is 84.9 Å². The summed E-state index contributed by atoms with van der Waals surface area (Å²) in [6.07, 6.45) is -0.827. The molecule has 0 fully saturated rings. The zero-order valence-electron chi connectivity index (χ0n) is 13.8. The molecule has 8 heteroatoms. The second kappa shape index (κ2) is 9.22. The number of ether oxygens (including phenoxy) is 2.